The Morgan fingerprint density at radius 2 is 1.64 bits per heavy atom. The molecule has 28 heavy (non-hydrogen) atoms. The second-order valence-electron chi connectivity index (χ2n) is 6.27. The molecule has 142 valence electrons. The van der Waals surface area contributed by atoms with Crippen molar-refractivity contribution in [1.29, 1.82) is 0 Å². The van der Waals surface area contributed by atoms with Crippen LogP contribution in [0.4, 0.5) is 0 Å². The molecule has 1 heterocycles. The van der Waals surface area contributed by atoms with Crippen molar-refractivity contribution in [1.82, 2.24) is 0 Å². The van der Waals surface area contributed by atoms with Crippen molar-refractivity contribution in [2.24, 2.45) is 5.92 Å². The van der Waals surface area contributed by atoms with Gasteiger partial charge >= 0.3 is 25.4 Å². The zero-order valence-corrected chi connectivity index (χ0v) is 19.6. The smallest absolute Gasteiger partial charge is 0.550 e. The normalized spacial score (nSPS) is 17.2. The maximum absolute atomic E-state index is 13.2. The van der Waals surface area contributed by atoms with Crippen molar-refractivity contribution >= 4 is 24.6 Å². The summed E-state index contributed by atoms with van der Waals surface area (Å²) in [5.41, 5.74) is 1.89. The Morgan fingerprint density at radius 3 is 2.18 bits per heavy atom. The maximum atomic E-state index is 13.2. The fourth-order valence-electron chi connectivity index (χ4n) is 2.55. The van der Waals surface area contributed by atoms with E-state index in [1.165, 1.54) is 13.8 Å². The summed E-state index contributed by atoms with van der Waals surface area (Å²) < 4.78 is 19.0. The molecule has 6 nitrogen and oxygen atoms in total. The van der Waals surface area contributed by atoms with Crippen LogP contribution in [-0.2, 0) is 33.6 Å². The molecule has 1 aliphatic rings. The molecule has 2 aromatic carbocycles. The molecule has 0 saturated carbocycles. The predicted molar refractivity (Wildman–Crippen MR) is 101 cm³/mol. The Morgan fingerprint density at radius 1 is 1.14 bits per heavy atom. The third-order valence-electron chi connectivity index (χ3n) is 3.98. The molecule has 1 aliphatic heterocycles. The molecule has 3 rings (SSSR count). The van der Waals surface area contributed by atoms with E-state index in [0.717, 1.165) is 11.1 Å². The van der Waals surface area contributed by atoms with Gasteiger partial charge in [-0.3, -0.25) is 4.57 Å². The Balaban J connectivity index is 0.000000492. The predicted octanol–water partition coefficient (Wildman–Crippen LogP) is 2.68. The van der Waals surface area contributed by atoms with Crippen LogP contribution in [0.1, 0.15) is 13.8 Å². The minimum Gasteiger partial charge on any atom is -0.550 e. The molecule has 0 radical (unpaired) electrons. The van der Waals surface area contributed by atoms with E-state index < -0.39 is 25.2 Å². The number of carboxylic acid groups (broad SMARTS) is 2. The van der Waals surface area contributed by atoms with Crippen molar-refractivity contribution in [3.63, 3.8) is 0 Å². The monoisotopic (exact) mass is 451 g/mol. The molecule has 0 amide bonds. The van der Waals surface area contributed by atoms with Gasteiger partial charge in [-0.25, -0.2) is 4.79 Å². The standard InChI is InChI=1S/C16H15O4P.C4H6O2.Zn/c1-11(16(17)18)10-21(19)15-9-5-3-7-13(15)12-6-2-4-8-14(12)20-21;1-3(2)4(5)6;/h2-9,11H,10H2,1H3,(H,17,18);1H2,2H3,(H,5,6);/q;;+2/p-1. The van der Waals surface area contributed by atoms with Crippen LogP contribution in [0.3, 0.4) is 0 Å². The minimum atomic E-state index is -3.27. The van der Waals surface area contributed by atoms with Crippen molar-refractivity contribution in [3.05, 3.63) is 60.7 Å². The summed E-state index contributed by atoms with van der Waals surface area (Å²) in [6.45, 7) is 6.09. The summed E-state index contributed by atoms with van der Waals surface area (Å²) in [5, 5.41) is 19.5. The van der Waals surface area contributed by atoms with Crippen LogP contribution < -0.4 is 14.9 Å². The average Bonchev–Trinajstić information content (AvgIpc) is 2.62. The van der Waals surface area contributed by atoms with Gasteiger partial charge in [-0.15, -0.1) is 0 Å². The second-order valence-corrected chi connectivity index (χ2v) is 8.64. The summed E-state index contributed by atoms with van der Waals surface area (Å²) in [4.78, 5) is 20.6. The van der Waals surface area contributed by atoms with Gasteiger partial charge in [0.2, 0.25) is 0 Å². The first-order valence-electron chi connectivity index (χ1n) is 8.23. The third-order valence-corrected chi connectivity index (χ3v) is 6.62. The van der Waals surface area contributed by atoms with E-state index in [4.69, 9.17) is 9.63 Å². The Bertz CT molecular complexity index is 928. The van der Waals surface area contributed by atoms with Crippen LogP contribution in [0, 0.1) is 5.92 Å². The van der Waals surface area contributed by atoms with E-state index in [2.05, 4.69) is 6.58 Å². The van der Waals surface area contributed by atoms with E-state index in [0.29, 0.717) is 11.1 Å². The number of hydrogen-bond acceptors (Lipinski definition) is 5. The van der Waals surface area contributed by atoms with Gasteiger partial charge in [0.15, 0.2) is 0 Å². The average molecular weight is 453 g/mol. The molecule has 0 spiro atoms. The van der Waals surface area contributed by atoms with Gasteiger partial charge in [0.25, 0.3) is 7.37 Å². The number of para-hydroxylation sites is 1. The summed E-state index contributed by atoms with van der Waals surface area (Å²) in [6, 6.07) is 14.6. The van der Waals surface area contributed by atoms with Crippen molar-refractivity contribution in [2.75, 3.05) is 6.16 Å². The fraction of sp³-hybridized carbons (Fsp3) is 0.200. The summed E-state index contributed by atoms with van der Waals surface area (Å²) in [6.07, 6.45) is -0.0688. The molecule has 0 fully saturated rings. The van der Waals surface area contributed by atoms with Crippen molar-refractivity contribution < 1.29 is 48.4 Å². The molecule has 2 atom stereocenters. The van der Waals surface area contributed by atoms with E-state index >= 15 is 0 Å². The van der Waals surface area contributed by atoms with Crippen LogP contribution in [0.2, 0.25) is 0 Å². The van der Waals surface area contributed by atoms with Gasteiger partial charge in [-0.1, -0.05) is 49.9 Å². The van der Waals surface area contributed by atoms with Gasteiger partial charge in [0, 0.05) is 29.2 Å². The first kappa shape index (κ1) is 23.8. The van der Waals surface area contributed by atoms with Crippen LogP contribution >= 0.6 is 7.37 Å². The first-order valence-corrected chi connectivity index (χ1v) is 10.0. The number of aliphatic carboxylic acids is 2. The molecule has 8 heteroatoms. The zero-order valence-electron chi connectivity index (χ0n) is 15.8. The number of rotatable bonds is 4. The maximum Gasteiger partial charge on any atom is 2.00 e. The number of carboxylic acids is 2. The summed E-state index contributed by atoms with van der Waals surface area (Å²) >= 11 is 0. The molecule has 2 aromatic rings. The van der Waals surface area contributed by atoms with Gasteiger partial charge in [0.1, 0.15) is 5.75 Å². The molecule has 0 aliphatic carbocycles. The molecular formula is C20H20O6PZn+. The number of benzene rings is 2. The van der Waals surface area contributed by atoms with E-state index in [1.807, 2.05) is 24.3 Å². The zero-order chi connectivity index (χ0) is 20.2. The number of fused-ring (bicyclic) bond motifs is 3. The van der Waals surface area contributed by atoms with Gasteiger partial charge in [-0.2, -0.15) is 0 Å². The molecule has 2 unspecified atom stereocenters. The van der Waals surface area contributed by atoms with E-state index in [9.17, 15) is 19.3 Å². The van der Waals surface area contributed by atoms with Crippen LogP contribution in [0.25, 0.3) is 11.1 Å². The van der Waals surface area contributed by atoms with Gasteiger partial charge < -0.3 is 19.5 Å². The second kappa shape index (κ2) is 9.81. The summed E-state index contributed by atoms with van der Waals surface area (Å²) in [5.74, 6) is -2.46. The molecule has 1 N–H and O–H groups in total. The molecule has 0 saturated heterocycles. The number of carbonyl (C=O) groups excluding carboxylic acids is 1. The van der Waals surface area contributed by atoms with Crippen LogP contribution in [-0.4, -0.2) is 23.2 Å². The molecular weight excluding hydrogens is 433 g/mol. The van der Waals surface area contributed by atoms with Crippen molar-refractivity contribution in [3.8, 4) is 16.9 Å². The number of hydrogen-bond donors (Lipinski definition) is 1. The Hall–Kier alpha value is -2.23. The summed E-state index contributed by atoms with van der Waals surface area (Å²) in [7, 11) is -3.27. The van der Waals surface area contributed by atoms with Gasteiger partial charge in [0.05, 0.1) is 5.30 Å². The largest absolute Gasteiger partial charge is 2.00 e. The third kappa shape index (κ3) is 5.40. The quantitative estimate of drug-likeness (QED) is 0.434. The van der Waals surface area contributed by atoms with Crippen LogP contribution in [0.5, 0.6) is 5.75 Å². The van der Waals surface area contributed by atoms with Crippen LogP contribution in [0.15, 0.2) is 60.7 Å². The molecule has 0 bridgehead atoms. The minimum absolute atomic E-state index is 0. The fourth-order valence-corrected chi connectivity index (χ4v) is 5.14. The van der Waals surface area contributed by atoms with E-state index in [-0.39, 0.29) is 31.2 Å². The first-order chi connectivity index (χ1) is 12.7. The van der Waals surface area contributed by atoms with Gasteiger partial charge in [-0.05, 0) is 24.6 Å². The SMILES string of the molecule is C=C(C)C(=O)O.CC(CP1(=O)Oc2ccccc2-c2ccccc21)C(=O)[O-].[Zn+2]. The molecule has 0 aromatic heterocycles. The Kier molecular flexibility index (Phi) is 8.35. The number of carbonyl (C=O) groups is 2. The topological polar surface area (TPSA) is 104 Å². The van der Waals surface area contributed by atoms with Crippen molar-refractivity contribution in [2.45, 2.75) is 13.8 Å². The van der Waals surface area contributed by atoms with E-state index in [1.54, 1.807) is 24.3 Å². The Labute approximate surface area is 176 Å².